The van der Waals surface area contributed by atoms with Crippen LogP contribution in [-0.4, -0.2) is 32.2 Å². The summed E-state index contributed by atoms with van der Waals surface area (Å²) in [6.07, 6.45) is 0.899. The molecule has 0 aliphatic carbocycles. The molecule has 1 fully saturated rings. The molecule has 1 aliphatic rings. The molecule has 27 heavy (non-hydrogen) atoms. The van der Waals surface area contributed by atoms with E-state index < -0.39 is 5.82 Å². The van der Waals surface area contributed by atoms with Crippen molar-refractivity contribution in [3.05, 3.63) is 59.4 Å². The zero-order chi connectivity index (χ0) is 19.4. The average molecular weight is 371 g/mol. The Morgan fingerprint density at radius 3 is 2.33 bits per heavy atom. The summed E-state index contributed by atoms with van der Waals surface area (Å²) in [6.45, 7) is 1.11. The number of rotatable bonds is 6. The smallest absolute Gasteiger partial charge is 0.329 e. The first kappa shape index (κ1) is 18.8. The van der Waals surface area contributed by atoms with Crippen LogP contribution in [0.1, 0.15) is 17.5 Å². The minimum Gasteiger partial charge on any atom is -0.469 e. The molecule has 0 bridgehead atoms. The zero-order valence-corrected chi connectivity index (χ0v) is 15.2. The number of anilines is 2. The molecule has 0 radical (unpaired) electrons. The number of urea groups is 1. The summed E-state index contributed by atoms with van der Waals surface area (Å²) < 4.78 is 18.6. The monoisotopic (exact) mass is 371 g/mol. The van der Waals surface area contributed by atoms with Gasteiger partial charge in [0.25, 0.3) is 0 Å². The maximum absolute atomic E-state index is 14.0. The lowest BCUT2D eigenvalue weighted by molar-refractivity contribution is -0.140. The quantitative estimate of drug-likeness (QED) is 0.793. The van der Waals surface area contributed by atoms with Crippen LogP contribution in [0.15, 0.2) is 42.5 Å². The number of hydrogen-bond donors (Lipinski definition) is 1. The summed E-state index contributed by atoms with van der Waals surface area (Å²) >= 11 is 0. The predicted octanol–water partition coefficient (Wildman–Crippen LogP) is 2.84. The van der Waals surface area contributed by atoms with Gasteiger partial charge in [0.05, 0.1) is 7.11 Å². The molecule has 2 N–H and O–H groups in total. The van der Waals surface area contributed by atoms with Gasteiger partial charge < -0.3 is 10.5 Å². The van der Waals surface area contributed by atoms with E-state index in [0.717, 1.165) is 11.3 Å². The molecule has 0 spiro atoms. The van der Waals surface area contributed by atoms with Crippen molar-refractivity contribution in [3.63, 3.8) is 0 Å². The van der Waals surface area contributed by atoms with Gasteiger partial charge >= 0.3 is 12.0 Å². The number of amides is 2. The molecule has 1 heterocycles. The second-order valence-corrected chi connectivity index (χ2v) is 6.31. The number of aryl methyl sites for hydroxylation is 1. The molecule has 0 unspecified atom stereocenters. The molecular formula is C20H22FN3O3. The second-order valence-electron chi connectivity index (χ2n) is 6.31. The average Bonchev–Trinajstić information content (AvgIpc) is 3.07. The first-order valence-corrected chi connectivity index (χ1v) is 8.76. The van der Waals surface area contributed by atoms with Crippen molar-refractivity contribution < 1.29 is 18.7 Å². The largest absolute Gasteiger partial charge is 0.469 e. The van der Waals surface area contributed by atoms with E-state index in [2.05, 4.69) is 4.74 Å². The van der Waals surface area contributed by atoms with Crippen molar-refractivity contribution in [2.24, 2.45) is 5.73 Å². The number of nitrogens with zero attached hydrogens (tertiary/aromatic N) is 2. The van der Waals surface area contributed by atoms with E-state index in [9.17, 15) is 14.0 Å². The van der Waals surface area contributed by atoms with Crippen LogP contribution in [0.3, 0.4) is 0 Å². The highest BCUT2D eigenvalue weighted by molar-refractivity contribution is 6.06. The van der Waals surface area contributed by atoms with Gasteiger partial charge in [-0.2, -0.15) is 0 Å². The number of nitrogens with two attached hydrogens (primary N) is 1. The Morgan fingerprint density at radius 1 is 1.11 bits per heavy atom. The molecule has 2 aromatic carbocycles. The fourth-order valence-corrected chi connectivity index (χ4v) is 3.08. The van der Waals surface area contributed by atoms with Crippen molar-refractivity contribution in [3.8, 4) is 0 Å². The Kier molecular flexibility index (Phi) is 5.71. The number of carbonyl (C=O) groups excluding carboxylic acids is 2. The topological polar surface area (TPSA) is 75.9 Å². The molecule has 1 aliphatic heterocycles. The van der Waals surface area contributed by atoms with Gasteiger partial charge in [-0.25, -0.2) is 9.18 Å². The highest BCUT2D eigenvalue weighted by Gasteiger charge is 2.31. The lowest BCUT2D eigenvalue weighted by Gasteiger charge is -2.19. The third-order valence-electron chi connectivity index (χ3n) is 4.67. The van der Waals surface area contributed by atoms with Gasteiger partial charge in [0.15, 0.2) is 0 Å². The van der Waals surface area contributed by atoms with E-state index in [-0.39, 0.29) is 18.5 Å². The van der Waals surface area contributed by atoms with Crippen LogP contribution in [0, 0.1) is 5.82 Å². The van der Waals surface area contributed by atoms with Gasteiger partial charge in [-0.1, -0.05) is 18.2 Å². The van der Waals surface area contributed by atoms with Crippen LogP contribution in [0.4, 0.5) is 20.6 Å². The van der Waals surface area contributed by atoms with Crippen molar-refractivity contribution in [2.45, 2.75) is 19.4 Å². The number of esters is 1. The van der Waals surface area contributed by atoms with Crippen molar-refractivity contribution in [2.75, 3.05) is 30.0 Å². The molecule has 7 heteroatoms. The maximum Gasteiger partial charge on any atom is 0.329 e. The third kappa shape index (κ3) is 4.09. The normalized spacial score (nSPS) is 14.0. The lowest BCUT2D eigenvalue weighted by Crippen LogP contribution is -2.31. The van der Waals surface area contributed by atoms with Gasteiger partial charge in [0.2, 0.25) is 0 Å². The van der Waals surface area contributed by atoms with Gasteiger partial charge in [0.1, 0.15) is 5.82 Å². The number of ether oxygens (including phenoxy) is 1. The molecule has 142 valence electrons. The third-order valence-corrected chi connectivity index (χ3v) is 4.67. The van der Waals surface area contributed by atoms with Crippen LogP contribution in [0.25, 0.3) is 0 Å². The first-order valence-electron chi connectivity index (χ1n) is 8.76. The summed E-state index contributed by atoms with van der Waals surface area (Å²) in [4.78, 5) is 27.2. The fourth-order valence-electron chi connectivity index (χ4n) is 3.08. The van der Waals surface area contributed by atoms with Crippen LogP contribution in [0.2, 0.25) is 0 Å². The number of benzene rings is 2. The van der Waals surface area contributed by atoms with Crippen LogP contribution >= 0.6 is 0 Å². The molecule has 0 saturated carbocycles. The Balaban J connectivity index is 1.69. The molecule has 2 aromatic rings. The Labute approximate surface area is 157 Å². The molecule has 2 amide bonds. The Bertz CT molecular complexity index is 839. The Morgan fingerprint density at radius 2 is 1.74 bits per heavy atom. The van der Waals surface area contributed by atoms with Crippen LogP contribution in [-0.2, 0) is 22.5 Å². The zero-order valence-electron chi connectivity index (χ0n) is 15.2. The molecule has 6 nitrogen and oxygen atoms in total. The second kappa shape index (κ2) is 8.18. The van der Waals surface area contributed by atoms with E-state index in [0.29, 0.717) is 37.2 Å². The van der Waals surface area contributed by atoms with E-state index in [1.807, 2.05) is 24.3 Å². The number of hydrogen-bond acceptors (Lipinski definition) is 4. The fraction of sp³-hybridized carbons (Fsp3) is 0.300. The van der Waals surface area contributed by atoms with Gasteiger partial charge in [-0.15, -0.1) is 0 Å². The first-order chi connectivity index (χ1) is 13.0. The van der Waals surface area contributed by atoms with E-state index in [1.165, 1.54) is 13.2 Å². The summed E-state index contributed by atoms with van der Waals surface area (Å²) in [7, 11) is 1.37. The SMILES string of the molecule is COC(=O)CCc1ccc(N2CCN(c3ccc(CN)c(F)c3)C2=O)cc1. The Hall–Kier alpha value is -2.93. The maximum atomic E-state index is 14.0. The molecule has 3 rings (SSSR count). The molecular weight excluding hydrogens is 349 g/mol. The molecule has 1 saturated heterocycles. The van der Waals surface area contributed by atoms with Crippen molar-refractivity contribution >= 4 is 23.4 Å². The summed E-state index contributed by atoms with van der Waals surface area (Å²) in [5, 5.41) is 0. The lowest BCUT2D eigenvalue weighted by atomic mass is 10.1. The van der Waals surface area contributed by atoms with E-state index in [4.69, 9.17) is 5.73 Å². The summed E-state index contributed by atoms with van der Waals surface area (Å²) in [5.74, 6) is -0.659. The van der Waals surface area contributed by atoms with Gasteiger partial charge in [-0.05, 0) is 36.2 Å². The van der Waals surface area contributed by atoms with E-state index in [1.54, 1.807) is 21.9 Å². The van der Waals surface area contributed by atoms with Crippen LogP contribution < -0.4 is 15.5 Å². The summed E-state index contributed by atoms with van der Waals surface area (Å²) in [5.41, 5.74) is 8.18. The van der Waals surface area contributed by atoms with E-state index >= 15 is 0 Å². The minimum absolute atomic E-state index is 0.120. The molecule has 0 aromatic heterocycles. The van der Waals surface area contributed by atoms with Gasteiger partial charge in [0, 0.05) is 43.0 Å². The number of methoxy groups -OCH3 is 1. The van der Waals surface area contributed by atoms with Crippen molar-refractivity contribution in [1.29, 1.82) is 0 Å². The standard InChI is InChI=1S/C20H22FN3O3/c1-27-19(25)9-4-14-2-6-16(7-3-14)23-10-11-24(20(23)26)17-8-5-15(13-22)18(21)12-17/h2-3,5-8,12H,4,9-11,13,22H2,1H3. The predicted molar refractivity (Wildman–Crippen MR) is 101 cm³/mol. The highest BCUT2D eigenvalue weighted by Crippen LogP contribution is 2.27. The molecule has 0 atom stereocenters. The van der Waals surface area contributed by atoms with Gasteiger partial charge in [-0.3, -0.25) is 14.6 Å². The number of halogens is 1. The highest BCUT2D eigenvalue weighted by atomic mass is 19.1. The van der Waals surface area contributed by atoms with Crippen LogP contribution in [0.5, 0.6) is 0 Å². The number of carbonyl (C=O) groups is 2. The minimum atomic E-state index is -0.406. The summed E-state index contributed by atoms with van der Waals surface area (Å²) in [6, 6.07) is 12.0. The van der Waals surface area contributed by atoms with Crippen molar-refractivity contribution in [1.82, 2.24) is 0 Å².